The fourth-order valence-electron chi connectivity index (χ4n) is 2.10. The molecule has 1 unspecified atom stereocenters. The van der Waals surface area contributed by atoms with Crippen molar-refractivity contribution in [3.05, 3.63) is 35.4 Å². The molecule has 0 heterocycles. The molecular formula is C19H28N4O3S2. The smallest absolute Gasteiger partial charge is 0.257 e. The lowest BCUT2D eigenvalue weighted by Crippen LogP contribution is -2.30. The highest BCUT2D eigenvalue weighted by atomic mass is 33.1. The van der Waals surface area contributed by atoms with Crippen LogP contribution in [0.25, 0.3) is 0 Å². The normalized spacial score (nSPS) is 11.5. The van der Waals surface area contributed by atoms with Gasteiger partial charge in [0.15, 0.2) is 0 Å². The van der Waals surface area contributed by atoms with Gasteiger partial charge in [0.25, 0.3) is 11.8 Å². The summed E-state index contributed by atoms with van der Waals surface area (Å²) >= 11 is 0. The van der Waals surface area contributed by atoms with Gasteiger partial charge in [-0.05, 0) is 24.7 Å². The number of carbonyl (C=O) groups excluding carboxylic acids is 2. The predicted molar refractivity (Wildman–Crippen MR) is 117 cm³/mol. The first-order valence-electron chi connectivity index (χ1n) is 8.99. The fraction of sp³-hybridized carbons (Fsp3) is 0.474. The van der Waals surface area contributed by atoms with Crippen LogP contribution in [0.4, 0.5) is 0 Å². The third-order valence-electron chi connectivity index (χ3n) is 3.44. The van der Waals surface area contributed by atoms with Crippen LogP contribution in [0.15, 0.2) is 24.3 Å². The van der Waals surface area contributed by atoms with Crippen molar-refractivity contribution < 1.29 is 14.3 Å². The first-order chi connectivity index (χ1) is 13.6. The second-order valence-corrected chi connectivity index (χ2v) is 8.32. The molecule has 0 aliphatic rings. The number of hydrogen-bond acceptors (Lipinski definition) is 7. The van der Waals surface area contributed by atoms with Gasteiger partial charge in [0.1, 0.15) is 6.61 Å². The Kier molecular flexibility index (Phi) is 13.3. The highest BCUT2D eigenvalue weighted by Gasteiger charge is 2.13. The Morgan fingerprint density at radius 2 is 1.96 bits per heavy atom. The third kappa shape index (κ3) is 10.0. The largest absolute Gasteiger partial charge is 0.370 e. The SMILES string of the molecule is C#CNC(=O)COCCNC(SSCC)c1ccc(C(=O)NCCNC)cc1. The van der Waals surface area contributed by atoms with E-state index in [1.165, 1.54) is 0 Å². The van der Waals surface area contributed by atoms with E-state index in [1.807, 2.05) is 31.3 Å². The molecule has 9 heteroatoms. The number of ether oxygens (including phenoxy) is 1. The maximum atomic E-state index is 12.1. The second-order valence-electron chi connectivity index (χ2n) is 5.56. The molecule has 0 fully saturated rings. The molecule has 0 aliphatic heterocycles. The molecule has 7 nitrogen and oxygen atoms in total. The summed E-state index contributed by atoms with van der Waals surface area (Å²) in [5.74, 6) is 0.566. The zero-order valence-corrected chi connectivity index (χ0v) is 17.9. The Morgan fingerprint density at radius 1 is 1.21 bits per heavy atom. The van der Waals surface area contributed by atoms with Crippen molar-refractivity contribution in [1.29, 1.82) is 0 Å². The van der Waals surface area contributed by atoms with Crippen LogP contribution in [0, 0.1) is 12.5 Å². The number of hydrogen-bond donors (Lipinski definition) is 4. The predicted octanol–water partition coefficient (Wildman–Crippen LogP) is 1.35. The van der Waals surface area contributed by atoms with Gasteiger partial charge in [0.05, 0.1) is 12.0 Å². The molecule has 4 N–H and O–H groups in total. The Hall–Kier alpha value is -1.70. The topological polar surface area (TPSA) is 91.5 Å². The monoisotopic (exact) mass is 424 g/mol. The van der Waals surface area contributed by atoms with Gasteiger partial charge in [-0.25, -0.2) is 0 Å². The molecule has 0 spiro atoms. The van der Waals surface area contributed by atoms with Crippen LogP contribution in [-0.4, -0.2) is 57.5 Å². The maximum absolute atomic E-state index is 12.1. The van der Waals surface area contributed by atoms with Crippen molar-refractivity contribution in [2.45, 2.75) is 12.3 Å². The van der Waals surface area contributed by atoms with Gasteiger partial charge in [-0.3, -0.25) is 20.2 Å². The minimum atomic E-state index is -0.335. The van der Waals surface area contributed by atoms with E-state index in [1.54, 1.807) is 21.6 Å². The summed E-state index contributed by atoms with van der Waals surface area (Å²) in [6.45, 7) is 4.32. The summed E-state index contributed by atoms with van der Waals surface area (Å²) in [5, 5.41) is 11.5. The van der Waals surface area contributed by atoms with Crippen LogP contribution in [0.2, 0.25) is 0 Å². The van der Waals surface area contributed by atoms with Crippen LogP contribution >= 0.6 is 21.6 Å². The lowest BCUT2D eigenvalue weighted by molar-refractivity contribution is -0.124. The van der Waals surface area contributed by atoms with Crippen molar-refractivity contribution in [2.24, 2.45) is 0 Å². The van der Waals surface area contributed by atoms with E-state index in [-0.39, 0.29) is 23.8 Å². The first-order valence-corrected chi connectivity index (χ1v) is 11.4. The van der Waals surface area contributed by atoms with Crippen molar-refractivity contribution in [1.82, 2.24) is 21.3 Å². The van der Waals surface area contributed by atoms with Crippen LogP contribution in [0.5, 0.6) is 0 Å². The van der Waals surface area contributed by atoms with Crippen LogP contribution in [0.3, 0.4) is 0 Å². The van der Waals surface area contributed by atoms with Gasteiger partial charge in [-0.2, -0.15) is 0 Å². The summed E-state index contributed by atoms with van der Waals surface area (Å²) in [6, 6.07) is 9.63. The van der Waals surface area contributed by atoms with E-state index in [0.717, 1.165) is 17.9 Å². The summed E-state index contributed by atoms with van der Waals surface area (Å²) in [5.41, 5.74) is 1.71. The number of benzene rings is 1. The summed E-state index contributed by atoms with van der Waals surface area (Å²) in [6.07, 6.45) is 4.99. The summed E-state index contributed by atoms with van der Waals surface area (Å²) in [7, 11) is 5.31. The number of carbonyl (C=O) groups is 2. The standard InChI is InChI=1S/C19H28N4O3S2/c1-4-21-17(24)14-26-13-12-23-19(28-27-5-2)16-8-6-15(7-9-16)18(25)22-11-10-20-3/h1,6-9,19-20,23H,5,10-14H2,2-3H3,(H,21,24)(H,22,25). The first kappa shape index (κ1) is 24.3. The molecule has 28 heavy (non-hydrogen) atoms. The fourth-order valence-corrected chi connectivity index (χ4v) is 4.18. The minimum absolute atomic E-state index is 0.0505. The molecule has 0 saturated carbocycles. The minimum Gasteiger partial charge on any atom is -0.370 e. The Morgan fingerprint density at radius 3 is 2.61 bits per heavy atom. The molecule has 154 valence electrons. The lowest BCUT2D eigenvalue weighted by atomic mass is 10.1. The Balaban J connectivity index is 2.53. The van der Waals surface area contributed by atoms with Crippen LogP contribution in [0.1, 0.15) is 28.2 Å². The highest BCUT2D eigenvalue weighted by Crippen LogP contribution is 2.35. The van der Waals surface area contributed by atoms with Gasteiger partial charge in [-0.1, -0.05) is 47.1 Å². The maximum Gasteiger partial charge on any atom is 0.257 e. The quantitative estimate of drug-likeness (QED) is 0.118. The van der Waals surface area contributed by atoms with Crippen molar-refractivity contribution in [2.75, 3.05) is 45.6 Å². The summed E-state index contributed by atoms with van der Waals surface area (Å²) < 4.78 is 5.29. The van der Waals surface area contributed by atoms with Crippen LogP contribution < -0.4 is 21.3 Å². The van der Waals surface area contributed by atoms with Gasteiger partial charge in [0, 0.05) is 37.0 Å². The van der Waals surface area contributed by atoms with Crippen molar-refractivity contribution in [3.63, 3.8) is 0 Å². The number of nitrogens with one attached hydrogen (secondary N) is 4. The molecule has 0 radical (unpaired) electrons. The van der Waals surface area contributed by atoms with Gasteiger partial charge in [-0.15, -0.1) is 0 Å². The van der Waals surface area contributed by atoms with E-state index in [9.17, 15) is 9.59 Å². The number of likely N-dealkylation sites (N-methyl/N-ethyl adjacent to an activating group) is 1. The molecule has 0 aliphatic carbocycles. The molecule has 0 bridgehead atoms. The average Bonchev–Trinajstić information content (AvgIpc) is 2.70. The molecule has 1 aromatic rings. The molecule has 0 saturated heterocycles. The van der Waals surface area contributed by atoms with Crippen molar-refractivity contribution in [3.8, 4) is 12.5 Å². The molecule has 1 rings (SSSR count). The molecular weight excluding hydrogens is 396 g/mol. The molecule has 2 amide bonds. The number of amides is 2. The Labute approximate surface area is 174 Å². The van der Waals surface area contributed by atoms with Gasteiger partial charge >= 0.3 is 0 Å². The Bertz CT molecular complexity index is 635. The number of terminal acetylenes is 1. The third-order valence-corrected chi connectivity index (χ3v) is 6.13. The number of rotatable bonds is 14. The van der Waals surface area contributed by atoms with E-state index in [2.05, 4.69) is 34.2 Å². The van der Waals surface area contributed by atoms with E-state index < -0.39 is 0 Å². The average molecular weight is 425 g/mol. The molecule has 0 aromatic heterocycles. The van der Waals surface area contributed by atoms with E-state index in [0.29, 0.717) is 25.3 Å². The zero-order chi connectivity index (χ0) is 20.6. The van der Waals surface area contributed by atoms with E-state index in [4.69, 9.17) is 11.2 Å². The summed E-state index contributed by atoms with van der Waals surface area (Å²) in [4.78, 5) is 23.3. The van der Waals surface area contributed by atoms with E-state index >= 15 is 0 Å². The molecule has 1 aromatic carbocycles. The van der Waals surface area contributed by atoms with Crippen LogP contribution in [-0.2, 0) is 9.53 Å². The zero-order valence-electron chi connectivity index (χ0n) is 16.2. The van der Waals surface area contributed by atoms with Crippen molar-refractivity contribution >= 4 is 33.4 Å². The van der Waals surface area contributed by atoms with Gasteiger partial charge in [0.2, 0.25) is 0 Å². The van der Waals surface area contributed by atoms with Gasteiger partial charge < -0.3 is 15.4 Å². The lowest BCUT2D eigenvalue weighted by Gasteiger charge is -2.18. The highest BCUT2D eigenvalue weighted by molar-refractivity contribution is 8.76. The second kappa shape index (κ2) is 15.2. The molecule has 1 atom stereocenters.